The van der Waals surface area contributed by atoms with Crippen LogP contribution < -0.4 is 5.32 Å². The quantitative estimate of drug-likeness (QED) is 0.843. The molecule has 0 saturated heterocycles. The average Bonchev–Trinajstić information content (AvgIpc) is 2.36. The number of benzene rings is 1. The van der Waals surface area contributed by atoms with E-state index in [1.165, 1.54) is 5.56 Å². The molecule has 1 aliphatic rings. The van der Waals surface area contributed by atoms with Crippen LogP contribution in [0.1, 0.15) is 49.8 Å². The van der Waals surface area contributed by atoms with Gasteiger partial charge >= 0.3 is 0 Å². The Balaban J connectivity index is 2.03. The second kappa shape index (κ2) is 6.30. The molecule has 2 rings (SSSR count). The third-order valence-corrected chi connectivity index (χ3v) is 3.70. The summed E-state index contributed by atoms with van der Waals surface area (Å²) in [5.74, 6) is -0.136. The fourth-order valence-corrected chi connectivity index (χ4v) is 2.78. The van der Waals surface area contributed by atoms with Crippen molar-refractivity contribution in [2.75, 3.05) is 6.61 Å². The van der Waals surface area contributed by atoms with E-state index in [9.17, 15) is 4.39 Å². The van der Waals surface area contributed by atoms with Crippen molar-refractivity contribution in [3.05, 3.63) is 35.1 Å². The number of aliphatic hydroxyl groups excluding tert-OH is 1. The van der Waals surface area contributed by atoms with Crippen LogP contribution in [0.25, 0.3) is 0 Å². The molecule has 0 aliphatic heterocycles. The number of fused-ring (bicyclic) bond motifs is 1. The molecule has 0 fully saturated rings. The number of hydrogen-bond donors (Lipinski definition) is 2. The highest BCUT2D eigenvalue weighted by atomic mass is 19.1. The predicted molar refractivity (Wildman–Crippen MR) is 71.0 cm³/mol. The van der Waals surface area contributed by atoms with Gasteiger partial charge in [0.2, 0.25) is 0 Å². The van der Waals surface area contributed by atoms with E-state index in [0.717, 1.165) is 37.7 Å². The third-order valence-electron chi connectivity index (χ3n) is 3.70. The second-order valence-electron chi connectivity index (χ2n) is 5.22. The fraction of sp³-hybridized carbons (Fsp3) is 0.600. The largest absolute Gasteiger partial charge is 0.396 e. The number of halogens is 1. The molecule has 0 amide bonds. The Labute approximate surface area is 108 Å². The highest BCUT2D eigenvalue weighted by molar-refractivity contribution is 5.32. The normalized spacial score (nSPS) is 20.5. The summed E-state index contributed by atoms with van der Waals surface area (Å²) < 4.78 is 13.2. The van der Waals surface area contributed by atoms with Crippen LogP contribution >= 0.6 is 0 Å². The second-order valence-corrected chi connectivity index (χ2v) is 5.22. The van der Waals surface area contributed by atoms with Gasteiger partial charge in [-0.25, -0.2) is 4.39 Å². The van der Waals surface area contributed by atoms with Crippen LogP contribution in [-0.2, 0) is 6.42 Å². The van der Waals surface area contributed by atoms with Gasteiger partial charge in [-0.1, -0.05) is 6.07 Å². The van der Waals surface area contributed by atoms with Gasteiger partial charge in [-0.05, 0) is 62.3 Å². The van der Waals surface area contributed by atoms with E-state index >= 15 is 0 Å². The van der Waals surface area contributed by atoms with Gasteiger partial charge in [0.05, 0.1) is 0 Å². The molecule has 0 bridgehead atoms. The standard InChI is InChI=1S/C15H22FNO/c1-11(4-3-9-18)17-15-6-2-5-12-10-13(16)7-8-14(12)15/h7-8,10-11,15,17-18H,2-6,9H2,1H3. The maximum absolute atomic E-state index is 13.2. The summed E-state index contributed by atoms with van der Waals surface area (Å²) in [7, 11) is 0. The lowest BCUT2D eigenvalue weighted by Gasteiger charge is -2.29. The summed E-state index contributed by atoms with van der Waals surface area (Å²) in [4.78, 5) is 0. The molecule has 2 nitrogen and oxygen atoms in total. The van der Waals surface area contributed by atoms with Crippen molar-refractivity contribution >= 4 is 0 Å². The predicted octanol–water partition coefficient (Wildman–Crippen LogP) is 2.95. The molecule has 0 radical (unpaired) electrons. The number of aryl methyl sites for hydroxylation is 1. The lowest BCUT2D eigenvalue weighted by molar-refractivity contribution is 0.272. The molecule has 0 saturated carbocycles. The summed E-state index contributed by atoms with van der Waals surface area (Å²) in [6, 6.07) is 5.86. The van der Waals surface area contributed by atoms with Crippen LogP contribution in [0.15, 0.2) is 18.2 Å². The van der Waals surface area contributed by atoms with Crippen molar-refractivity contribution < 1.29 is 9.50 Å². The Hall–Kier alpha value is -0.930. The molecule has 0 spiro atoms. The van der Waals surface area contributed by atoms with Crippen molar-refractivity contribution in [1.82, 2.24) is 5.32 Å². The summed E-state index contributed by atoms with van der Waals surface area (Å²) >= 11 is 0. The van der Waals surface area contributed by atoms with Gasteiger partial charge in [0, 0.05) is 18.7 Å². The van der Waals surface area contributed by atoms with Gasteiger partial charge in [-0.3, -0.25) is 0 Å². The lowest BCUT2D eigenvalue weighted by atomic mass is 9.87. The monoisotopic (exact) mass is 251 g/mol. The van der Waals surface area contributed by atoms with Crippen LogP contribution in [0.5, 0.6) is 0 Å². The molecule has 0 aromatic heterocycles. The molecule has 100 valence electrons. The minimum atomic E-state index is -0.136. The summed E-state index contributed by atoms with van der Waals surface area (Å²) in [6.07, 6.45) is 5.01. The molecule has 0 heterocycles. The van der Waals surface area contributed by atoms with Crippen LogP contribution in [0, 0.1) is 5.82 Å². The first-order valence-electron chi connectivity index (χ1n) is 6.86. The van der Waals surface area contributed by atoms with Crippen molar-refractivity contribution in [3.8, 4) is 0 Å². The van der Waals surface area contributed by atoms with Crippen molar-refractivity contribution in [2.45, 2.75) is 51.1 Å². The zero-order chi connectivity index (χ0) is 13.0. The zero-order valence-corrected chi connectivity index (χ0v) is 11.0. The van der Waals surface area contributed by atoms with Crippen molar-refractivity contribution in [2.24, 2.45) is 0 Å². The van der Waals surface area contributed by atoms with E-state index in [1.54, 1.807) is 12.1 Å². The van der Waals surface area contributed by atoms with E-state index in [4.69, 9.17) is 5.11 Å². The maximum atomic E-state index is 13.2. The third kappa shape index (κ3) is 3.30. The van der Waals surface area contributed by atoms with Crippen LogP contribution in [0.3, 0.4) is 0 Å². The van der Waals surface area contributed by atoms with Gasteiger partial charge in [-0.15, -0.1) is 0 Å². The van der Waals surface area contributed by atoms with Crippen molar-refractivity contribution in [1.29, 1.82) is 0 Å². The van der Waals surface area contributed by atoms with Crippen LogP contribution in [0.4, 0.5) is 4.39 Å². The number of aliphatic hydroxyl groups is 1. The summed E-state index contributed by atoms with van der Waals surface area (Å²) in [5, 5.41) is 12.4. The highest BCUT2D eigenvalue weighted by Gasteiger charge is 2.21. The lowest BCUT2D eigenvalue weighted by Crippen LogP contribution is -2.32. The molecule has 2 atom stereocenters. The van der Waals surface area contributed by atoms with Gasteiger partial charge in [0.25, 0.3) is 0 Å². The van der Waals surface area contributed by atoms with E-state index in [2.05, 4.69) is 12.2 Å². The number of hydrogen-bond acceptors (Lipinski definition) is 2. The van der Waals surface area contributed by atoms with Crippen LogP contribution in [0.2, 0.25) is 0 Å². The van der Waals surface area contributed by atoms with Gasteiger partial charge < -0.3 is 10.4 Å². The Morgan fingerprint density at radius 2 is 2.33 bits per heavy atom. The Morgan fingerprint density at radius 3 is 3.11 bits per heavy atom. The Morgan fingerprint density at radius 1 is 1.50 bits per heavy atom. The molecule has 3 heteroatoms. The van der Waals surface area contributed by atoms with Gasteiger partial charge in [0.15, 0.2) is 0 Å². The van der Waals surface area contributed by atoms with E-state index < -0.39 is 0 Å². The topological polar surface area (TPSA) is 32.3 Å². The number of rotatable bonds is 5. The summed E-state index contributed by atoms with van der Waals surface area (Å²) in [6.45, 7) is 2.39. The Bertz CT molecular complexity index is 394. The first-order valence-corrected chi connectivity index (χ1v) is 6.86. The zero-order valence-electron chi connectivity index (χ0n) is 11.0. The van der Waals surface area contributed by atoms with E-state index in [-0.39, 0.29) is 12.4 Å². The van der Waals surface area contributed by atoms with E-state index in [0.29, 0.717) is 12.1 Å². The summed E-state index contributed by atoms with van der Waals surface area (Å²) in [5.41, 5.74) is 2.40. The fourth-order valence-electron chi connectivity index (χ4n) is 2.78. The Kier molecular flexibility index (Phi) is 4.72. The first-order chi connectivity index (χ1) is 8.70. The molecule has 1 aromatic carbocycles. The number of nitrogens with one attached hydrogen (secondary N) is 1. The smallest absolute Gasteiger partial charge is 0.123 e. The first kappa shape index (κ1) is 13.5. The SMILES string of the molecule is CC(CCCO)NC1CCCc2cc(F)ccc21. The minimum Gasteiger partial charge on any atom is -0.396 e. The molecule has 1 aliphatic carbocycles. The molecule has 18 heavy (non-hydrogen) atoms. The maximum Gasteiger partial charge on any atom is 0.123 e. The molecular weight excluding hydrogens is 229 g/mol. The van der Waals surface area contributed by atoms with Gasteiger partial charge in [-0.2, -0.15) is 0 Å². The molecule has 2 N–H and O–H groups in total. The average molecular weight is 251 g/mol. The highest BCUT2D eigenvalue weighted by Crippen LogP contribution is 2.30. The van der Waals surface area contributed by atoms with Crippen LogP contribution in [-0.4, -0.2) is 17.8 Å². The molecule has 1 aromatic rings. The molecular formula is C15H22FNO. The van der Waals surface area contributed by atoms with E-state index in [1.807, 2.05) is 6.07 Å². The van der Waals surface area contributed by atoms with Crippen molar-refractivity contribution in [3.63, 3.8) is 0 Å². The molecule has 2 unspecified atom stereocenters. The minimum absolute atomic E-state index is 0.136. The van der Waals surface area contributed by atoms with Gasteiger partial charge in [0.1, 0.15) is 5.82 Å².